The van der Waals surface area contributed by atoms with Crippen LogP contribution in [0.25, 0.3) is 0 Å². The number of fused-ring (bicyclic) bond motifs is 1. The van der Waals surface area contributed by atoms with Crippen molar-refractivity contribution in [3.05, 3.63) is 100 Å². The number of aromatic nitrogens is 1. The van der Waals surface area contributed by atoms with Crippen molar-refractivity contribution in [2.45, 2.75) is 6.42 Å². The van der Waals surface area contributed by atoms with E-state index >= 15 is 0 Å². The van der Waals surface area contributed by atoms with Crippen LogP contribution < -0.4 is 10.6 Å². The Kier molecular flexibility index (Phi) is 5.40. The first-order valence-electron chi connectivity index (χ1n) is 9.22. The van der Waals surface area contributed by atoms with Gasteiger partial charge in [-0.1, -0.05) is 54.1 Å². The number of halogens is 1. The Balaban J connectivity index is 1.43. The topological polar surface area (TPSA) is 71.1 Å². The van der Waals surface area contributed by atoms with E-state index in [-0.39, 0.29) is 22.3 Å². The molecule has 3 aromatic rings. The molecule has 1 aliphatic rings. The number of hydrogen-bond acceptors (Lipinski definition) is 5. The van der Waals surface area contributed by atoms with Gasteiger partial charge in [-0.05, 0) is 36.2 Å². The van der Waals surface area contributed by atoms with Crippen molar-refractivity contribution < 1.29 is 9.59 Å². The molecule has 0 bridgehead atoms. The normalized spacial score (nSPS) is 13.3. The molecule has 0 aliphatic heterocycles. The van der Waals surface area contributed by atoms with E-state index in [2.05, 4.69) is 15.6 Å². The molecule has 4 rings (SSSR count). The zero-order valence-corrected chi connectivity index (χ0v) is 16.2. The lowest BCUT2D eigenvalue weighted by Gasteiger charge is -2.19. The fraction of sp³-hybridized carbons (Fsp3) is 0.0870. The zero-order valence-electron chi connectivity index (χ0n) is 15.5. The Morgan fingerprint density at radius 3 is 2.21 bits per heavy atom. The lowest BCUT2D eigenvalue weighted by Crippen LogP contribution is -2.24. The van der Waals surface area contributed by atoms with Gasteiger partial charge in [-0.2, -0.15) is 0 Å². The van der Waals surface area contributed by atoms with E-state index < -0.39 is 0 Å². The molecular formula is C23H18ClN3O2. The Hall–Kier alpha value is -3.44. The third-order valence-corrected chi connectivity index (χ3v) is 5.03. The van der Waals surface area contributed by atoms with Crippen LogP contribution >= 0.6 is 11.6 Å². The molecule has 5 nitrogen and oxygen atoms in total. The van der Waals surface area contributed by atoms with E-state index in [1.54, 1.807) is 30.5 Å². The number of pyridine rings is 1. The molecule has 0 saturated carbocycles. The largest absolute Gasteiger partial charge is 0.370 e. The van der Waals surface area contributed by atoms with Crippen LogP contribution in [0, 0.1) is 0 Å². The number of Topliss-reactive ketones (excluding diaryl/α,β-unsaturated/α-hetero) is 2. The van der Waals surface area contributed by atoms with Crippen molar-refractivity contribution in [2.24, 2.45) is 0 Å². The number of carbonyl (C=O) groups excluding carboxylic acids is 2. The summed E-state index contributed by atoms with van der Waals surface area (Å²) in [7, 11) is 0. The summed E-state index contributed by atoms with van der Waals surface area (Å²) in [5, 5.41) is 6.19. The summed E-state index contributed by atoms with van der Waals surface area (Å²) in [4.78, 5) is 29.4. The second-order valence-electron chi connectivity index (χ2n) is 6.61. The van der Waals surface area contributed by atoms with Gasteiger partial charge in [0.1, 0.15) is 16.5 Å². The van der Waals surface area contributed by atoms with Gasteiger partial charge in [0.15, 0.2) is 0 Å². The first-order chi connectivity index (χ1) is 14.1. The second-order valence-corrected chi connectivity index (χ2v) is 6.98. The van der Waals surface area contributed by atoms with Gasteiger partial charge in [-0.25, -0.2) is 4.98 Å². The number of hydrogen-bond donors (Lipinski definition) is 2. The first-order valence-corrected chi connectivity index (χ1v) is 9.60. The highest BCUT2D eigenvalue weighted by molar-refractivity contribution is 6.50. The number of benzene rings is 2. The van der Waals surface area contributed by atoms with E-state index in [1.807, 2.05) is 42.5 Å². The third-order valence-electron chi connectivity index (χ3n) is 4.67. The van der Waals surface area contributed by atoms with Crippen molar-refractivity contribution in [1.29, 1.82) is 0 Å². The molecule has 2 aromatic carbocycles. The molecule has 0 radical (unpaired) electrons. The van der Waals surface area contributed by atoms with Gasteiger partial charge in [0, 0.05) is 29.6 Å². The second kappa shape index (κ2) is 8.29. The van der Waals surface area contributed by atoms with Gasteiger partial charge in [-0.3, -0.25) is 9.59 Å². The molecule has 2 N–H and O–H groups in total. The van der Waals surface area contributed by atoms with Crippen LogP contribution in [-0.4, -0.2) is 23.1 Å². The van der Waals surface area contributed by atoms with Crippen LogP contribution in [0.1, 0.15) is 26.3 Å². The molecule has 6 heteroatoms. The lowest BCUT2D eigenvalue weighted by molar-refractivity contribution is 0.0982. The molecule has 0 atom stereocenters. The van der Waals surface area contributed by atoms with Gasteiger partial charge in [0.25, 0.3) is 0 Å². The number of carbonyl (C=O) groups is 2. The van der Waals surface area contributed by atoms with Gasteiger partial charge in [-0.15, -0.1) is 0 Å². The number of nitrogens with zero attached hydrogens (tertiary/aromatic N) is 1. The maximum atomic E-state index is 12.7. The van der Waals surface area contributed by atoms with Crippen molar-refractivity contribution in [1.82, 2.24) is 4.98 Å². The van der Waals surface area contributed by atoms with E-state index in [0.717, 1.165) is 24.3 Å². The summed E-state index contributed by atoms with van der Waals surface area (Å²) in [5.41, 5.74) is 2.64. The monoisotopic (exact) mass is 403 g/mol. The molecule has 1 aromatic heterocycles. The minimum Gasteiger partial charge on any atom is -0.370 e. The molecular weight excluding hydrogens is 386 g/mol. The Morgan fingerprint density at radius 1 is 0.828 bits per heavy atom. The Bertz CT molecular complexity index is 1090. The molecule has 1 heterocycles. The predicted octanol–water partition coefficient (Wildman–Crippen LogP) is 4.68. The fourth-order valence-electron chi connectivity index (χ4n) is 3.16. The summed E-state index contributed by atoms with van der Waals surface area (Å²) < 4.78 is 0. The molecule has 0 amide bonds. The number of ketones is 2. The van der Waals surface area contributed by atoms with Crippen molar-refractivity contribution in [3.63, 3.8) is 0 Å². The fourth-order valence-corrected chi connectivity index (χ4v) is 3.39. The third kappa shape index (κ3) is 4.05. The van der Waals surface area contributed by atoms with E-state index in [1.165, 1.54) is 0 Å². The predicted molar refractivity (Wildman–Crippen MR) is 114 cm³/mol. The molecule has 1 aliphatic carbocycles. The van der Waals surface area contributed by atoms with Gasteiger partial charge in [0.05, 0.1) is 0 Å². The quantitative estimate of drug-likeness (QED) is 0.625. The van der Waals surface area contributed by atoms with Crippen LogP contribution in [-0.2, 0) is 6.42 Å². The number of rotatable bonds is 6. The molecule has 144 valence electrons. The van der Waals surface area contributed by atoms with Crippen molar-refractivity contribution in [3.8, 4) is 0 Å². The van der Waals surface area contributed by atoms with E-state index in [9.17, 15) is 9.59 Å². The Labute approximate surface area is 173 Å². The average molecular weight is 404 g/mol. The number of nitrogens with one attached hydrogen (secondary N) is 2. The first kappa shape index (κ1) is 18.9. The summed E-state index contributed by atoms with van der Waals surface area (Å²) >= 11 is 6.20. The van der Waals surface area contributed by atoms with Gasteiger partial charge < -0.3 is 10.6 Å². The summed E-state index contributed by atoms with van der Waals surface area (Å²) in [6, 6.07) is 20.1. The van der Waals surface area contributed by atoms with Crippen LogP contribution in [0.5, 0.6) is 0 Å². The van der Waals surface area contributed by atoms with Crippen LogP contribution in [0.4, 0.5) is 11.5 Å². The number of allylic oxidation sites excluding steroid dienone is 2. The van der Waals surface area contributed by atoms with E-state index in [0.29, 0.717) is 16.8 Å². The summed E-state index contributed by atoms with van der Waals surface area (Å²) in [6.07, 6.45) is 2.57. The minimum atomic E-state index is -0.346. The standard InChI is InChI=1S/C23H18ClN3O2/c24-20-21(23(29)18-6-2-1-5-17(18)22(20)28)27-16-10-8-15(9-11-16)12-14-26-19-7-3-4-13-25-19/h1-11,13,27H,12,14H2,(H,25,26). The number of anilines is 2. The molecule has 0 fully saturated rings. The van der Waals surface area contributed by atoms with Crippen molar-refractivity contribution >= 4 is 34.7 Å². The average Bonchev–Trinajstić information content (AvgIpc) is 2.77. The molecule has 0 saturated heterocycles. The van der Waals surface area contributed by atoms with Crippen LogP contribution in [0.2, 0.25) is 0 Å². The molecule has 29 heavy (non-hydrogen) atoms. The highest BCUT2D eigenvalue weighted by Gasteiger charge is 2.31. The highest BCUT2D eigenvalue weighted by atomic mass is 35.5. The van der Waals surface area contributed by atoms with Crippen LogP contribution in [0.15, 0.2) is 83.7 Å². The summed E-state index contributed by atoms with van der Waals surface area (Å²) in [6.45, 7) is 0.755. The van der Waals surface area contributed by atoms with Crippen LogP contribution in [0.3, 0.4) is 0 Å². The summed E-state index contributed by atoms with van der Waals surface area (Å²) in [5.74, 6) is 0.212. The SMILES string of the molecule is O=C1C(Cl)=C(Nc2ccc(CCNc3ccccn3)cc2)C(=O)c2ccccc21. The maximum Gasteiger partial charge on any atom is 0.211 e. The zero-order chi connectivity index (χ0) is 20.2. The smallest absolute Gasteiger partial charge is 0.211 e. The molecule has 0 unspecified atom stereocenters. The lowest BCUT2D eigenvalue weighted by atomic mass is 9.92. The highest BCUT2D eigenvalue weighted by Crippen LogP contribution is 2.29. The maximum absolute atomic E-state index is 12.7. The molecule has 0 spiro atoms. The van der Waals surface area contributed by atoms with Gasteiger partial charge in [0.2, 0.25) is 11.6 Å². The minimum absolute atomic E-state index is 0.0858. The van der Waals surface area contributed by atoms with Crippen molar-refractivity contribution in [2.75, 3.05) is 17.2 Å². The van der Waals surface area contributed by atoms with Gasteiger partial charge >= 0.3 is 0 Å². The van der Waals surface area contributed by atoms with E-state index in [4.69, 9.17) is 11.6 Å². The Morgan fingerprint density at radius 2 is 1.52 bits per heavy atom.